The molecule has 0 unspecified atom stereocenters. The van der Waals surface area contributed by atoms with E-state index in [4.69, 9.17) is 0 Å². The number of carboxylic acids is 1. The lowest BCUT2D eigenvalue weighted by molar-refractivity contribution is -0.164. The molecule has 0 bridgehead atoms. The van der Waals surface area contributed by atoms with E-state index in [1.807, 2.05) is 6.92 Å². The molecule has 0 aromatic carbocycles. The van der Waals surface area contributed by atoms with Gasteiger partial charge >= 0.3 is 5.97 Å². The molecule has 5 atom stereocenters. The van der Waals surface area contributed by atoms with Crippen molar-refractivity contribution in [3.63, 3.8) is 0 Å². The molecule has 2 heteroatoms. The van der Waals surface area contributed by atoms with E-state index >= 15 is 0 Å². The predicted octanol–water partition coefficient (Wildman–Crippen LogP) is 5.21. The zero-order valence-corrected chi connectivity index (χ0v) is 14.3. The normalized spacial score (nSPS) is 47.9. The van der Waals surface area contributed by atoms with Crippen molar-refractivity contribution < 1.29 is 9.90 Å². The van der Waals surface area contributed by atoms with Crippen molar-refractivity contribution in [3.05, 3.63) is 24.3 Å². The average molecular weight is 302 g/mol. The summed E-state index contributed by atoms with van der Waals surface area (Å²) in [5.41, 5.74) is 1.36. The minimum atomic E-state index is -0.581. The highest BCUT2D eigenvalue weighted by Gasteiger charge is 2.58. The second kappa shape index (κ2) is 4.97. The summed E-state index contributed by atoms with van der Waals surface area (Å²) in [6.45, 7) is 10.7. The molecule has 3 rings (SSSR count). The Kier molecular flexibility index (Phi) is 3.58. The van der Waals surface area contributed by atoms with E-state index < -0.39 is 11.4 Å². The number of aliphatic carboxylic acids is 1. The van der Waals surface area contributed by atoms with Gasteiger partial charge in [-0.3, -0.25) is 4.79 Å². The predicted molar refractivity (Wildman–Crippen MR) is 89.5 cm³/mol. The zero-order chi connectivity index (χ0) is 16.2. The third-order valence-corrected chi connectivity index (χ3v) is 7.38. The number of hydrogen-bond donors (Lipinski definition) is 1. The van der Waals surface area contributed by atoms with E-state index in [2.05, 4.69) is 32.6 Å². The van der Waals surface area contributed by atoms with E-state index in [0.717, 1.165) is 32.1 Å². The van der Waals surface area contributed by atoms with Crippen molar-refractivity contribution >= 4 is 5.97 Å². The van der Waals surface area contributed by atoms with E-state index in [1.54, 1.807) is 5.57 Å². The topological polar surface area (TPSA) is 37.3 Å². The largest absolute Gasteiger partial charge is 0.481 e. The molecule has 2 saturated carbocycles. The molecular weight excluding hydrogens is 272 g/mol. The van der Waals surface area contributed by atoms with Crippen LogP contribution >= 0.6 is 0 Å². The Balaban J connectivity index is 1.99. The van der Waals surface area contributed by atoms with Crippen LogP contribution in [0.3, 0.4) is 0 Å². The summed E-state index contributed by atoms with van der Waals surface area (Å²) in [6, 6.07) is 0. The number of rotatable bonds is 2. The summed E-state index contributed by atoms with van der Waals surface area (Å²) in [5.74, 6) is 0.322. The third kappa shape index (κ3) is 2.10. The van der Waals surface area contributed by atoms with Crippen LogP contribution in [0.5, 0.6) is 0 Å². The minimum absolute atomic E-state index is 0.139. The fourth-order valence-electron chi connectivity index (χ4n) is 5.94. The van der Waals surface area contributed by atoms with E-state index in [-0.39, 0.29) is 10.8 Å². The first kappa shape index (κ1) is 15.8. The van der Waals surface area contributed by atoms with Gasteiger partial charge in [0.15, 0.2) is 0 Å². The SMILES string of the molecule is C=C[C@@]1(C)C=C2CC[C@@H]3[C@](C)(CCC[C@@]3(C)C(=O)O)[C@H]2CC1. The number of carboxylic acid groups (broad SMARTS) is 1. The van der Waals surface area contributed by atoms with Crippen LogP contribution in [0.2, 0.25) is 0 Å². The molecule has 0 heterocycles. The maximum atomic E-state index is 12.0. The van der Waals surface area contributed by atoms with E-state index in [1.165, 1.54) is 12.8 Å². The molecule has 3 aliphatic carbocycles. The van der Waals surface area contributed by atoms with Crippen LogP contribution < -0.4 is 0 Å². The molecule has 0 aromatic rings. The lowest BCUT2D eigenvalue weighted by atomic mass is 9.45. The summed E-state index contributed by atoms with van der Waals surface area (Å²) in [4.78, 5) is 12.0. The number of fused-ring (bicyclic) bond motifs is 3. The van der Waals surface area contributed by atoms with Gasteiger partial charge < -0.3 is 5.11 Å². The van der Waals surface area contributed by atoms with Crippen molar-refractivity contribution in [3.8, 4) is 0 Å². The van der Waals surface area contributed by atoms with Gasteiger partial charge in [0.05, 0.1) is 5.41 Å². The smallest absolute Gasteiger partial charge is 0.309 e. The first-order valence-electron chi connectivity index (χ1n) is 8.84. The Hall–Kier alpha value is -1.05. The molecule has 1 N–H and O–H groups in total. The highest BCUT2D eigenvalue weighted by Crippen LogP contribution is 2.63. The third-order valence-electron chi connectivity index (χ3n) is 7.38. The molecule has 0 spiro atoms. The maximum absolute atomic E-state index is 12.0. The first-order valence-corrected chi connectivity index (χ1v) is 8.84. The Morgan fingerprint density at radius 3 is 2.64 bits per heavy atom. The van der Waals surface area contributed by atoms with Crippen molar-refractivity contribution in [2.24, 2.45) is 28.1 Å². The van der Waals surface area contributed by atoms with Crippen LogP contribution in [-0.2, 0) is 4.79 Å². The Morgan fingerprint density at radius 2 is 2.00 bits per heavy atom. The summed E-state index contributed by atoms with van der Waals surface area (Å²) in [6.07, 6.45) is 12.1. The fraction of sp³-hybridized carbons (Fsp3) is 0.750. The Bertz CT molecular complexity index is 534. The van der Waals surface area contributed by atoms with Gasteiger partial charge in [-0.2, -0.15) is 0 Å². The molecular formula is C20H30O2. The van der Waals surface area contributed by atoms with Crippen molar-refractivity contribution in [1.82, 2.24) is 0 Å². The molecule has 0 radical (unpaired) electrons. The highest BCUT2D eigenvalue weighted by atomic mass is 16.4. The van der Waals surface area contributed by atoms with Gasteiger partial charge in [-0.1, -0.05) is 38.0 Å². The van der Waals surface area contributed by atoms with Gasteiger partial charge in [-0.25, -0.2) is 0 Å². The summed E-state index contributed by atoms with van der Waals surface area (Å²) >= 11 is 0. The fourth-order valence-corrected chi connectivity index (χ4v) is 5.94. The van der Waals surface area contributed by atoms with Crippen LogP contribution in [0.15, 0.2) is 24.3 Å². The molecule has 0 saturated heterocycles. The lowest BCUT2D eigenvalue weighted by Crippen LogP contribution is -2.54. The summed E-state index contributed by atoms with van der Waals surface area (Å²) in [7, 11) is 0. The molecule has 122 valence electrons. The standard InChI is InChI=1S/C20H30O2/c1-5-18(2)12-9-15-14(13-18)7-8-16-19(15,3)10-6-11-20(16,4)17(21)22/h5,13,15-16H,1,6-12H2,2-4H3,(H,21,22)/t15-,16+,18+,19+,20+/m0/s1. The van der Waals surface area contributed by atoms with Crippen LogP contribution in [0.25, 0.3) is 0 Å². The van der Waals surface area contributed by atoms with E-state index in [0.29, 0.717) is 11.8 Å². The van der Waals surface area contributed by atoms with Crippen LogP contribution in [0, 0.1) is 28.1 Å². The molecule has 2 nitrogen and oxygen atoms in total. The van der Waals surface area contributed by atoms with Gasteiger partial charge in [0.2, 0.25) is 0 Å². The maximum Gasteiger partial charge on any atom is 0.309 e. The molecule has 0 aliphatic heterocycles. The second-order valence-electron chi connectivity index (χ2n) is 8.69. The average Bonchev–Trinajstić information content (AvgIpc) is 2.46. The van der Waals surface area contributed by atoms with Crippen LogP contribution in [0.1, 0.15) is 65.7 Å². The Morgan fingerprint density at radius 1 is 1.27 bits per heavy atom. The van der Waals surface area contributed by atoms with Crippen LogP contribution in [-0.4, -0.2) is 11.1 Å². The van der Waals surface area contributed by atoms with Gasteiger partial charge in [0, 0.05) is 5.41 Å². The van der Waals surface area contributed by atoms with Crippen molar-refractivity contribution in [1.29, 1.82) is 0 Å². The van der Waals surface area contributed by atoms with Crippen molar-refractivity contribution in [2.45, 2.75) is 65.7 Å². The second-order valence-corrected chi connectivity index (χ2v) is 8.69. The number of carbonyl (C=O) groups is 1. The molecule has 22 heavy (non-hydrogen) atoms. The number of hydrogen-bond acceptors (Lipinski definition) is 1. The monoisotopic (exact) mass is 302 g/mol. The summed E-state index contributed by atoms with van der Waals surface area (Å²) < 4.78 is 0. The van der Waals surface area contributed by atoms with E-state index in [9.17, 15) is 9.90 Å². The lowest BCUT2D eigenvalue weighted by Gasteiger charge is -2.59. The molecule has 0 amide bonds. The van der Waals surface area contributed by atoms with Crippen LogP contribution in [0.4, 0.5) is 0 Å². The molecule has 2 fully saturated rings. The number of allylic oxidation sites excluding steroid dienone is 3. The van der Waals surface area contributed by atoms with Gasteiger partial charge in [0.1, 0.15) is 0 Å². The Labute approximate surface area is 134 Å². The minimum Gasteiger partial charge on any atom is -0.481 e. The zero-order valence-electron chi connectivity index (χ0n) is 14.3. The van der Waals surface area contributed by atoms with Gasteiger partial charge in [0.25, 0.3) is 0 Å². The highest BCUT2D eigenvalue weighted by molar-refractivity contribution is 5.75. The van der Waals surface area contributed by atoms with Crippen molar-refractivity contribution in [2.75, 3.05) is 0 Å². The molecule has 3 aliphatic rings. The summed E-state index contributed by atoms with van der Waals surface area (Å²) in [5, 5.41) is 9.84. The first-order chi connectivity index (χ1) is 10.3. The van der Waals surface area contributed by atoms with Gasteiger partial charge in [-0.15, -0.1) is 6.58 Å². The van der Waals surface area contributed by atoms with Gasteiger partial charge in [-0.05, 0) is 62.7 Å². The quantitative estimate of drug-likeness (QED) is 0.711. The molecule has 0 aromatic heterocycles.